The molecule has 0 spiro atoms. The minimum absolute atomic E-state index is 0.0437. The molecule has 0 aliphatic rings. The van der Waals surface area contributed by atoms with Gasteiger partial charge in [-0.3, -0.25) is 9.59 Å². The van der Waals surface area contributed by atoms with Gasteiger partial charge in [-0.15, -0.1) is 0 Å². The molecule has 0 bridgehead atoms. The first-order valence-corrected chi connectivity index (χ1v) is 6.13. The van der Waals surface area contributed by atoms with Crippen molar-refractivity contribution in [3.8, 4) is 5.75 Å². The molecule has 104 valence electrons. The van der Waals surface area contributed by atoms with Crippen molar-refractivity contribution in [2.24, 2.45) is 5.92 Å². The third kappa shape index (κ3) is 4.69. The fraction of sp³-hybridized carbons (Fsp3) is 0.429. The van der Waals surface area contributed by atoms with Crippen molar-refractivity contribution in [2.75, 3.05) is 6.54 Å². The van der Waals surface area contributed by atoms with Crippen LogP contribution in [-0.4, -0.2) is 24.8 Å². The number of hydrogen-bond donors (Lipinski definition) is 1. The minimum Gasteiger partial charge on any atom is -0.478 e. The molecule has 0 fully saturated rings. The zero-order chi connectivity index (χ0) is 14.4. The molecule has 0 saturated heterocycles. The van der Waals surface area contributed by atoms with Crippen molar-refractivity contribution in [3.05, 3.63) is 29.6 Å². The quantitative estimate of drug-likeness (QED) is 0.804. The number of carbonyl (C=O) groups is 2. The SMILES string of the molecule is CC(C)CNC(=O)C(C)Oc1ccc(C=O)cc1F. The Hall–Kier alpha value is -1.91. The highest BCUT2D eigenvalue weighted by molar-refractivity contribution is 5.80. The lowest BCUT2D eigenvalue weighted by atomic mass is 10.2. The Morgan fingerprint density at radius 1 is 1.42 bits per heavy atom. The van der Waals surface area contributed by atoms with Crippen LogP contribution in [0.3, 0.4) is 0 Å². The summed E-state index contributed by atoms with van der Waals surface area (Å²) in [6.45, 7) is 6.04. The number of hydrogen-bond acceptors (Lipinski definition) is 3. The maximum atomic E-state index is 13.6. The smallest absolute Gasteiger partial charge is 0.260 e. The molecule has 1 aromatic rings. The Kier molecular flexibility index (Phi) is 5.48. The molecule has 1 aromatic carbocycles. The largest absolute Gasteiger partial charge is 0.478 e. The predicted octanol–water partition coefficient (Wildman–Crippen LogP) is 2.18. The van der Waals surface area contributed by atoms with E-state index in [-0.39, 0.29) is 17.2 Å². The molecule has 0 saturated carbocycles. The maximum absolute atomic E-state index is 13.6. The Labute approximate surface area is 112 Å². The molecule has 0 aliphatic heterocycles. The van der Waals surface area contributed by atoms with Crippen molar-refractivity contribution in [3.63, 3.8) is 0 Å². The molecule has 1 rings (SSSR count). The van der Waals surface area contributed by atoms with Gasteiger partial charge in [-0.25, -0.2) is 4.39 Å². The summed E-state index contributed by atoms with van der Waals surface area (Å²) in [6, 6.07) is 3.84. The summed E-state index contributed by atoms with van der Waals surface area (Å²) < 4.78 is 18.8. The molecule has 4 nitrogen and oxygen atoms in total. The number of rotatable bonds is 6. The second kappa shape index (κ2) is 6.87. The van der Waals surface area contributed by atoms with Crippen LogP contribution >= 0.6 is 0 Å². The van der Waals surface area contributed by atoms with Crippen LogP contribution in [0.2, 0.25) is 0 Å². The van der Waals surface area contributed by atoms with Gasteiger partial charge in [-0.1, -0.05) is 13.8 Å². The average Bonchev–Trinajstić information content (AvgIpc) is 2.37. The Morgan fingerprint density at radius 2 is 2.11 bits per heavy atom. The topological polar surface area (TPSA) is 55.4 Å². The second-order valence-electron chi connectivity index (χ2n) is 4.71. The fourth-order valence-corrected chi connectivity index (χ4v) is 1.38. The van der Waals surface area contributed by atoms with Crippen molar-refractivity contribution < 1.29 is 18.7 Å². The molecular weight excluding hydrogens is 249 g/mol. The summed E-state index contributed by atoms with van der Waals surface area (Å²) in [5, 5.41) is 2.70. The zero-order valence-electron chi connectivity index (χ0n) is 11.3. The second-order valence-corrected chi connectivity index (χ2v) is 4.71. The Morgan fingerprint density at radius 3 is 2.63 bits per heavy atom. The number of nitrogens with one attached hydrogen (secondary N) is 1. The number of ether oxygens (including phenoxy) is 1. The highest BCUT2D eigenvalue weighted by Crippen LogP contribution is 2.19. The molecule has 0 radical (unpaired) electrons. The van der Waals surface area contributed by atoms with Crippen LogP contribution in [0.15, 0.2) is 18.2 Å². The van der Waals surface area contributed by atoms with Crippen LogP contribution in [-0.2, 0) is 4.79 Å². The zero-order valence-corrected chi connectivity index (χ0v) is 11.3. The summed E-state index contributed by atoms with van der Waals surface area (Å²) in [6.07, 6.45) is -0.249. The van der Waals surface area contributed by atoms with Gasteiger partial charge in [0, 0.05) is 12.1 Å². The fourth-order valence-electron chi connectivity index (χ4n) is 1.38. The van der Waals surface area contributed by atoms with E-state index in [1.54, 1.807) is 6.92 Å². The summed E-state index contributed by atoms with van der Waals surface area (Å²) in [5.74, 6) is -0.668. The third-order valence-electron chi connectivity index (χ3n) is 2.45. The van der Waals surface area contributed by atoms with E-state index in [1.165, 1.54) is 12.1 Å². The van der Waals surface area contributed by atoms with Gasteiger partial charge >= 0.3 is 0 Å². The van der Waals surface area contributed by atoms with E-state index < -0.39 is 11.9 Å². The summed E-state index contributed by atoms with van der Waals surface area (Å²) in [7, 11) is 0. The molecule has 5 heteroatoms. The van der Waals surface area contributed by atoms with E-state index in [1.807, 2.05) is 13.8 Å². The van der Waals surface area contributed by atoms with E-state index in [0.29, 0.717) is 18.7 Å². The van der Waals surface area contributed by atoms with Crippen LogP contribution in [0, 0.1) is 11.7 Å². The van der Waals surface area contributed by atoms with Gasteiger partial charge in [-0.2, -0.15) is 0 Å². The number of amides is 1. The molecule has 1 atom stereocenters. The van der Waals surface area contributed by atoms with Gasteiger partial charge in [0.1, 0.15) is 6.29 Å². The van der Waals surface area contributed by atoms with Crippen LogP contribution in [0.4, 0.5) is 4.39 Å². The summed E-state index contributed by atoms with van der Waals surface area (Å²) >= 11 is 0. The number of benzene rings is 1. The first kappa shape index (κ1) is 15.1. The van der Waals surface area contributed by atoms with E-state index in [2.05, 4.69) is 5.32 Å². The number of halogens is 1. The average molecular weight is 267 g/mol. The molecular formula is C14H18FNO3. The molecule has 1 unspecified atom stereocenters. The Balaban J connectivity index is 2.63. The van der Waals surface area contributed by atoms with Gasteiger partial charge in [0.05, 0.1) is 0 Å². The predicted molar refractivity (Wildman–Crippen MR) is 69.7 cm³/mol. The highest BCUT2D eigenvalue weighted by Gasteiger charge is 2.16. The van der Waals surface area contributed by atoms with Gasteiger partial charge < -0.3 is 10.1 Å². The van der Waals surface area contributed by atoms with Crippen molar-refractivity contribution in [2.45, 2.75) is 26.9 Å². The lowest BCUT2D eigenvalue weighted by Gasteiger charge is -2.16. The van der Waals surface area contributed by atoms with E-state index in [9.17, 15) is 14.0 Å². The van der Waals surface area contributed by atoms with Crippen LogP contribution in [0.1, 0.15) is 31.1 Å². The van der Waals surface area contributed by atoms with Crippen molar-refractivity contribution in [1.29, 1.82) is 0 Å². The Bertz CT molecular complexity index is 460. The van der Waals surface area contributed by atoms with E-state index >= 15 is 0 Å². The van der Waals surface area contributed by atoms with Gasteiger partial charge in [-0.05, 0) is 31.0 Å². The molecule has 19 heavy (non-hydrogen) atoms. The standard InChI is InChI=1S/C14H18FNO3/c1-9(2)7-16-14(18)10(3)19-13-5-4-11(8-17)6-12(13)15/h4-6,8-10H,7H2,1-3H3,(H,16,18). The summed E-state index contributed by atoms with van der Waals surface area (Å²) in [5.41, 5.74) is 0.224. The molecule has 0 aromatic heterocycles. The highest BCUT2D eigenvalue weighted by atomic mass is 19.1. The van der Waals surface area contributed by atoms with Crippen LogP contribution in [0.25, 0.3) is 0 Å². The van der Waals surface area contributed by atoms with Gasteiger partial charge in [0.2, 0.25) is 0 Å². The normalized spacial score (nSPS) is 12.1. The van der Waals surface area contributed by atoms with Crippen molar-refractivity contribution >= 4 is 12.2 Å². The first-order valence-electron chi connectivity index (χ1n) is 6.13. The molecule has 1 N–H and O–H groups in total. The van der Waals surface area contributed by atoms with E-state index in [0.717, 1.165) is 6.07 Å². The minimum atomic E-state index is -0.796. The summed E-state index contributed by atoms with van der Waals surface area (Å²) in [4.78, 5) is 22.1. The van der Waals surface area contributed by atoms with Crippen LogP contribution in [0.5, 0.6) is 5.75 Å². The molecule has 0 aliphatic carbocycles. The van der Waals surface area contributed by atoms with Gasteiger partial charge in [0.25, 0.3) is 5.91 Å². The third-order valence-corrected chi connectivity index (χ3v) is 2.45. The molecule has 1 amide bonds. The molecule has 0 heterocycles. The first-order chi connectivity index (χ1) is 8.93. The number of aldehydes is 1. The van der Waals surface area contributed by atoms with Crippen LogP contribution < -0.4 is 10.1 Å². The van der Waals surface area contributed by atoms with E-state index in [4.69, 9.17) is 4.74 Å². The maximum Gasteiger partial charge on any atom is 0.260 e. The number of carbonyl (C=O) groups excluding carboxylic acids is 2. The van der Waals surface area contributed by atoms with Gasteiger partial charge in [0.15, 0.2) is 17.7 Å². The monoisotopic (exact) mass is 267 g/mol. The lowest BCUT2D eigenvalue weighted by molar-refractivity contribution is -0.127. The lowest BCUT2D eigenvalue weighted by Crippen LogP contribution is -2.38. The van der Waals surface area contributed by atoms with Crippen molar-refractivity contribution in [1.82, 2.24) is 5.32 Å².